The minimum atomic E-state index is -3.16. The molecule has 0 rings (SSSR count). The van der Waals surface area contributed by atoms with Gasteiger partial charge in [0, 0.05) is 0 Å². The lowest BCUT2D eigenvalue weighted by atomic mass is 9.78. The third kappa shape index (κ3) is 4.59. The summed E-state index contributed by atoms with van der Waals surface area (Å²) >= 11 is 0. The zero-order valence-electron chi connectivity index (χ0n) is 11.9. The molecule has 18 heavy (non-hydrogen) atoms. The van der Waals surface area contributed by atoms with Gasteiger partial charge in [0.1, 0.15) is 0 Å². The summed E-state index contributed by atoms with van der Waals surface area (Å²) in [5.41, 5.74) is -0.877. The summed E-state index contributed by atoms with van der Waals surface area (Å²) in [4.78, 5) is 11.5. The van der Waals surface area contributed by atoms with Crippen LogP contribution in [0.25, 0.3) is 0 Å². The Hall–Kier alpha value is -0.580. The van der Waals surface area contributed by atoms with E-state index in [2.05, 4.69) is 0 Å². The van der Waals surface area contributed by atoms with Gasteiger partial charge >= 0.3 is 5.97 Å². The van der Waals surface area contributed by atoms with Crippen LogP contribution in [-0.2, 0) is 14.6 Å². The number of hydrogen-bond donors (Lipinski definition) is 1. The lowest BCUT2D eigenvalue weighted by Crippen LogP contribution is -2.34. The smallest absolute Gasteiger partial charge is 0.309 e. The molecule has 5 heteroatoms. The molecule has 0 radical (unpaired) electrons. The Morgan fingerprint density at radius 3 is 2.11 bits per heavy atom. The number of carbonyl (C=O) groups is 1. The Balaban J connectivity index is 4.86. The molecule has 1 N–H and O–H groups in total. The second kappa shape index (κ2) is 7.12. The monoisotopic (exact) mass is 278 g/mol. The van der Waals surface area contributed by atoms with Crippen LogP contribution in [-0.4, -0.2) is 30.5 Å². The molecule has 0 aliphatic heterocycles. The fourth-order valence-corrected chi connectivity index (χ4v) is 3.08. The van der Waals surface area contributed by atoms with Crippen LogP contribution in [0, 0.1) is 5.41 Å². The van der Waals surface area contributed by atoms with Crippen molar-refractivity contribution in [3.8, 4) is 0 Å². The van der Waals surface area contributed by atoms with Crippen molar-refractivity contribution < 1.29 is 18.3 Å². The fraction of sp³-hybridized carbons (Fsp3) is 0.923. The van der Waals surface area contributed by atoms with Gasteiger partial charge < -0.3 is 5.11 Å². The zero-order chi connectivity index (χ0) is 14.4. The molecule has 0 fully saturated rings. The SMILES string of the molecule is CCCCC(CC)(CCS(=O)(=O)C(C)C)C(=O)O. The summed E-state index contributed by atoms with van der Waals surface area (Å²) in [5, 5.41) is 8.95. The molecule has 0 saturated carbocycles. The summed E-state index contributed by atoms with van der Waals surface area (Å²) in [5.74, 6) is -0.897. The van der Waals surface area contributed by atoms with Crippen molar-refractivity contribution >= 4 is 15.8 Å². The van der Waals surface area contributed by atoms with Crippen LogP contribution in [0.2, 0.25) is 0 Å². The average Bonchev–Trinajstić information content (AvgIpc) is 2.29. The summed E-state index contributed by atoms with van der Waals surface area (Å²) in [6.07, 6.45) is 3.01. The van der Waals surface area contributed by atoms with Crippen LogP contribution in [0.15, 0.2) is 0 Å². The van der Waals surface area contributed by atoms with Gasteiger partial charge in [0.2, 0.25) is 0 Å². The van der Waals surface area contributed by atoms with Gasteiger partial charge in [0.05, 0.1) is 16.4 Å². The van der Waals surface area contributed by atoms with Gasteiger partial charge in [-0.05, 0) is 33.1 Å². The largest absolute Gasteiger partial charge is 0.481 e. The molecule has 108 valence electrons. The molecule has 0 spiro atoms. The van der Waals surface area contributed by atoms with E-state index < -0.39 is 26.5 Å². The van der Waals surface area contributed by atoms with Crippen LogP contribution in [0.3, 0.4) is 0 Å². The predicted octanol–water partition coefficient (Wildman–Crippen LogP) is 2.87. The first kappa shape index (κ1) is 17.4. The molecular weight excluding hydrogens is 252 g/mol. The number of unbranched alkanes of at least 4 members (excludes halogenated alkanes) is 1. The molecule has 0 amide bonds. The number of hydrogen-bond acceptors (Lipinski definition) is 3. The first-order chi connectivity index (χ1) is 8.22. The molecular formula is C13H26O4S. The molecule has 0 aromatic heterocycles. The second-order valence-electron chi connectivity index (χ2n) is 5.21. The molecule has 0 aromatic rings. The second-order valence-corrected chi connectivity index (χ2v) is 7.89. The Kier molecular flexibility index (Phi) is 6.89. The molecule has 0 bridgehead atoms. The van der Waals surface area contributed by atoms with E-state index in [0.717, 1.165) is 12.8 Å². The highest BCUT2D eigenvalue weighted by molar-refractivity contribution is 7.91. The quantitative estimate of drug-likeness (QED) is 0.704. The maximum absolute atomic E-state index is 11.8. The van der Waals surface area contributed by atoms with Crippen molar-refractivity contribution in [3.05, 3.63) is 0 Å². The summed E-state index contributed by atoms with van der Waals surface area (Å²) in [7, 11) is -3.16. The van der Waals surface area contributed by atoms with E-state index >= 15 is 0 Å². The van der Waals surface area contributed by atoms with Gasteiger partial charge in [-0.25, -0.2) is 8.42 Å². The molecule has 0 heterocycles. The number of aliphatic carboxylic acids is 1. The van der Waals surface area contributed by atoms with Gasteiger partial charge in [-0.2, -0.15) is 0 Å². The van der Waals surface area contributed by atoms with Crippen molar-refractivity contribution in [1.29, 1.82) is 0 Å². The van der Waals surface area contributed by atoms with Crippen LogP contribution in [0.4, 0.5) is 0 Å². The third-order valence-electron chi connectivity index (χ3n) is 3.72. The molecule has 0 saturated heterocycles. The minimum absolute atomic E-state index is 0.0332. The number of sulfone groups is 1. The van der Waals surface area contributed by atoms with Gasteiger partial charge in [-0.15, -0.1) is 0 Å². The Morgan fingerprint density at radius 1 is 1.22 bits per heavy atom. The van der Waals surface area contributed by atoms with Gasteiger partial charge in [-0.1, -0.05) is 26.7 Å². The van der Waals surface area contributed by atoms with E-state index in [1.54, 1.807) is 13.8 Å². The predicted molar refractivity (Wildman–Crippen MR) is 73.4 cm³/mol. The van der Waals surface area contributed by atoms with Crippen molar-refractivity contribution in [1.82, 2.24) is 0 Å². The molecule has 4 nitrogen and oxygen atoms in total. The highest BCUT2D eigenvalue weighted by Gasteiger charge is 2.37. The van der Waals surface area contributed by atoms with E-state index in [-0.39, 0.29) is 12.2 Å². The Morgan fingerprint density at radius 2 is 1.78 bits per heavy atom. The maximum atomic E-state index is 11.8. The standard InChI is InChI=1S/C13H26O4S/c1-5-7-8-13(6-2,12(14)15)9-10-18(16,17)11(3)4/h11H,5-10H2,1-4H3,(H,14,15). The molecule has 1 unspecified atom stereocenters. The highest BCUT2D eigenvalue weighted by Crippen LogP contribution is 2.34. The minimum Gasteiger partial charge on any atom is -0.481 e. The molecule has 0 aliphatic carbocycles. The maximum Gasteiger partial charge on any atom is 0.309 e. The topological polar surface area (TPSA) is 71.4 Å². The van der Waals surface area contributed by atoms with Crippen molar-refractivity contribution in [2.75, 3.05) is 5.75 Å². The Bertz CT molecular complexity index is 359. The Labute approximate surface area is 111 Å². The van der Waals surface area contributed by atoms with Crippen LogP contribution >= 0.6 is 0 Å². The van der Waals surface area contributed by atoms with Crippen LogP contribution < -0.4 is 0 Å². The van der Waals surface area contributed by atoms with Crippen LogP contribution in [0.1, 0.15) is 59.8 Å². The lowest BCUT2D eigenvalue weighted by molar-refractivity contribution is -0.150. The molecule has 1 atom stereocenters. The average molecular weight is 278 g/mol. The van der Waals surface area contributed by atoms with Crippen molar-refractivity contribution in [3.63, 3.8) is 0 Å². The fourth-order valence-electron chi connectivity index (χ4n) is 1.93. The van der Waals surface area contributed by atoms with Gasteiger partial charge in [0.25, 0.3) is 0 Å². The number of carboxylic acid groups (broad SMARTS) is 1. The molecule has 0 aliphatic rings. The van der Waals surface area contributed by atoms with E-state index in [1.807, 2.05) is 13.8 Å². The zero-order valence-corrected chi connectivity index (χ0v) is 12.7. The lowest BCUT2D eigenvalue weighted by Gasteiger charge is -2.28. The van der Waals surface area contributed by atoms with E-state index in [4.69, 9.17) is 0 Å². The first-order valence-electron chi connectivity index (χ1n) is 6.67. The molecule has 0 aromatic carbocycles. The number of rotatable bonds is 9. The van der Waals surface area contributed by atoms with E-state index in [1.165, 1.54) is 0 Å². The van der Waals surface area contributed by atoms with Crippen molar-refractivity contribution in [2.45, 2.75) is 65.0 Å². The van der Waals surface area contributed by atoms with Gasteiger partial charge in [-0.3, -0.25) is 4.79 Å². The highest BCUT2D eigenvalue weighted by atomic mass is 32.2. The third-order valence-corrected chi connectivity index (χ3v) is 5.93. The van der Waals surface area contributed by atoms with E-state index in [9.17, 15) is 18.3 Å². The van der Waals surface area contributed by atoms with E-state index in [0.29, 0.717) is 12.8 Å². The van der Waals surface area contributed by atoms with Crippen molar-refractivity contribution in [2.24, 2.45) is 5.41 Å². The summed E-state index contributed by atoms with van der Waals surface area (Å²) < 4.78 is 23.6. The van der Waals surface area contributed by atoms with Gasteiger partial charge in [0.15, 0.2) is 9.84 Å². The summed E-state index contributed by atoms with van der Waals surface area (Å²) in [6.45, 7) is 7.10. The number of carboxylic acids is 1. The van der Waals surface area contributed by atoms with Crippen LogP contribution in [0.5, 0.6) is 0 Å². The first-order valence-corrected chi connectivity index (χ1v) is 8.38. The summed E-state index contributed by atoms with van der Waals surface area (Å²) in [6, 6.07) is 0. The normalized spacial score (nSPS) is 15.6.